The number of rotatable bonds is 3. The number of nitrogens with zero attached hydrogens (tertiary/aromatic N) is 3. The number of hydrogen-bond acceptors (Lipinski definition) is 4. The highest BCUT2D eigenvalue weighted by Gasteiger charge is 2.06. The van der Waals surface area contributed by atoms with Crippen LogP contribution in [-0.2, 0) is 6.42 Å². The summed E-state index contributed by atoms with van der Waals surface area (Å²) >= 11 is 0. The molecule has 1 aromatic carbocycles. The number of aromatic amines is 1. The first kappa shape index (κ1) is 9.39. The van der Waals surface area contributed by atoms with E-state index in [0.29, 0.717) is 18.0 Å². The van der Waals surface area contributed by atoms with Crippen LogP contribution in [0.25, 0.3) is 0 Å². The van der Waals surface area contributed by atoms with Crippen LogP contribution in [0, 0.1) is 0 Å². The largest absolute Gasteiger partial charge is 0.411 e. The predicted octanol–water partition coefficient (Wildman–Crippen LogP) is 1.23. The van der Waals surface area contributed by atoms with Gasteiger partial charge in [0.2, 0.25) is 0 Å². The minimum atomic E-state index is 0.431. The van der Waals surface area contributed by atoms with Gasteiger partial charge in [0.05, 0.1) is 12.1 Å². The topological polar surface area (TPSA) is 74.2 Å². The molecule has 0 atom stereocenters. The lowest BCUT2D eigenvalue weighted by molar-refractivity contribution is 0.318. The van der Waals surface area contributed by atoms with Crippen molar-refractivity contribution in [3.63, 3.8) is 0 Å². The molecule has 0 saturated heterocycles. The summed E-state index contributed by atoms with van der Waals surface area (Å²) in [4.78, 5) is 3.97. The molecule has 1 aromatic heterocycles. The normalized spacial score (nSPS) is 11.6. The third kappa shape index (κ3) is 2.19. The van der Waals surface area contributed by atoms with E-state index in [0.717, 1.165) is 5.56 Å². The predicted molar refractivity (Wildman–Crippen MR) is 54.9 cm³/mol. The van der Waals surface area contributed by atoms with Gasteiger partial charge in [0.1, 0.15) is 12.2 Å². The van der Waals surface area contributed by atoms with Crippen LogP contribution in [0.15, 0.2) is 41.8 Å². The Hall–Kier alpha value is -2.17. The average molecular weight is 202 g/mol. The van der Waals surface area contributed by atoms with Gasteiger partial charge in [-0.05, 0) is 5.56 Å². The van der Waals surface area contributed by atoms with E-state index in [2.05, 4.69) is 20.3 Å². The van der Waals surface area contributed by atoms with Crippen LogP contribution < -0.4 is 0 Å². The molecule has 0 bridgehead atoms. The number of nitrogens with one attached hydrogen (secondary N) is 1. The molecule has 0 spiro atoms. The van der Waals surface area contributed by atoms with Crippen molar-refractivity contribution in [1.82, 2.24) is 15.2 Å². The summed E-state index contributed by atoms with van der Waals surface area (Å²) in [5.41, 5.74) is 1.43. The minimum absolute atomic E-state index is 0.431. The monoisotopic (exact) mass is 202 g/mol. The third-order valence-electron chi connectivity index (χ3n) is 2.03. The number of benzene rings is 1. The van der Waals surface area contributed by atoms with E-state index < -0.39 is 0 Å². The van der Waals surface area contributed by atoms with Gasteiger partial charge in [-0.1, -0.05) is 35.5 Å². The van der Waals surface area contributed by atoms with E-state index in [1.165, 1.54) is 6.33 Å². The van der Waals surface area contributed by atoms with Crippen molar-refractivity contribution in [3.8, 4) is 0 Å². The zero-order valence-corrected chi connectivity index (χ0v) is 7.96. The van der Waals surface area contributed by atoms with Gasteiger partial charge in [0.25, 0.3) is 0 Å². The maximum Gasteiger partial charge on any atom is 0.137 e. The van der Waals surface area contributed by atoms with Crippen LogP contribution in [0.3, 0.4) is 0 Å². The number of aromatic nitrogens is 3. The Kier molecular flexibility index (Phi) is 2.73. The molecule has 0 aliphatic carbocycles. The van der Waals surface area contributed by atoms with Gasteiger partial charge in [0.15, 0.2) is 0 Å². The van der Waals surface area contributed by atoms with Gasteiger partial charge in [-0.2, -0.15) is 5.10 Å². The van der Waals surface area contributed by atoms with Gasteiger partial charge in [-0.15, -0.1) is 0 Å². The van der Waals surface area contributed by atoms with Crippen LogP contribution in [0.5, 0.6) is 0 Å². The molecule has 76 valence electrons. The molecule has 0 radical (unpaired) electrons. The Morgan fingerprint density at radius 2 is 2.13 bits per heavy atom. The Morgan fingerprint density at radius 3 is 2.73 bits per heavy atom. The highest BCUT2D eigenvalue weighted by Crippen LogP contribution is 2.04. The molecule has 2 aromatic rings. The van der Waals surface area contributed by atoms with E-state index in [-0.39, 0.29) is 0 Å². The van der Waals surface area contributed by atoms with Gasteiger partial charge in [-0.3, -0.25) is 5.10 Å². The Bertz CT molecular complexity index is 436. The molecular formula is C10H10N4O. The molecule has 2 N–H and O–H groups in total. The lowest BCUT2D eigenvalue weighted by Gasteiger charge is -2.01. The van der Waals surface area contributed by atoms with Crippen LogP contribution >= 0.6 is 0 Å². The second-order valence-corrected chi connectivity index (χ2v) is 3.02. The molecular weight excluding hydrogens is 192 g/mol. The van der Waals surface area contributed by atoms with Crippen LogP contribution in [0.1, 0.15) is 11.4 Å². The molecule has 2 rings (SSSR count). The molecule has 5 heteroatoms. The van der Waals surface area contributed by atoms with Gasteiger partial charge < -0.3 is 5.21 Å². The lowest BCUT2D eigenvalue weighted by Crippen LogP contribution is -2.06. The number of oxime groups is 1. The number of H-pyrrole nitrogens is 1. The molecule has 15 heavy (non-hydrogen) atoms. The van der Waals surface area contributed by atoms with Crippen molar-refractivity contribution in [2.75, 3.05) is 0 Å². The Morgan fingerprint density at radius 1 is 1.33 bits per heavy atom. The lowest BCUT2D eigenvalue weighted by atomic mass is 10.1. The molecule has 0 fully saturated rings. The Balaban J connectivity index is 2.20. The minimum Gasteiger partial charge on any atom is -0.411 e. The fourth-order valence-electron chi connectivity index (χ4n) is 1.30. The third-order valence-corrected chi connectivity index (χ3v) is 2.03. The molecule has 5 nitrogen and oxygen atoms in total. The number of hydrogen-bond donors (Lipinski definition) is 2. The fourth-order valence-corrected chi connectivity index (χ4v) is 1.30. The second-order valence-electron chi connectivity index (χ2n) is 3.02. The first-order chi connectivity index (χ1) is 7.40. The first-order valence-electron chi connectivity index (χ1n) is 4.51. The molecule has 1 heterocycles. The summed E-state index contributed by atoms with van der Waals surface area (Å²) in [5, 5.41) is 18.6. The summed E-state index contributed by atoms with van der Waals surface area (Å²) in [7, 11) is 0. The van der Waals surface area contributed by atoms with Crippen LogP contribution in [0.2, 0.25) is 0 Å². The Labute approximate surface area is 86.5 Å². The summed E-state index contributed by atoms with van der Waals surface area (Å²) in [6.45, 7) is 0. The quantitative estimate of drug-likeness (QED) is 0.446. The smallest absolute Gasteiger partial charge is 0.137 e. The zero-order chi connectivity index (χ0) is 10.5. The fraction of sp³-hybridized carbons (Fsp3) is 0.100. The molecule has 0 aliphatic heterocycles. The van der Waals surface area contributed by atoms with Gasteiger partial charge >= 0.3 is 0 Å². The van der Waals surface area contributed by atoms with Crippen molar-refractivity contribution >= 4 is 5.71 Å². The summed E-state index contributed by atoms with van der Waals surface area (Å²) < 4.78 is 0. The first-order valence-corrected chi connectivity index (χ1v) is 4.51. The average Bonchev–Trinajstić information content (AvgIpc) is 2.80. The highest BCUT2D eigenvalue weighted by molar-refractivity contribution is 6.01. The van der Waals surface area contributed by atoms with Crippen molar-refractivity contribution < 1.29 is 5.21 Å². The van der Waals surface area contributed by atoms with Crippen molar-refractivity contribution in [2.24, 2.45) is 5.16 Å². The van der Waals surface area contributed by atoms with E-state index >= 15 is 0 Å². The van der Waals surface area contributed by atoms with Crippen LogP contribution in [0.4, 0.5) is 0 Å². The molecule has 0 unspecified atom stereocenters. The van der Waals surface area contributed by atoms with Crippen molar-refractivity contribution in [2.45, 2.75) is 6.42 Å². The maximum absolute atomic E-state index is 8.90. The summed E-state index contributed by atoms with van der Waals surface area (Å²) in [6.07, 6.45) is 1.86. The van der Waals surface area contributed by atoms with Gasteiger partial charge in [0, 0.05) is 0 Å². The van der Waals surface area contributed by atoms with E-state index in [9.17, 15) is 0 Å². The maximum atomic E-state index is 8.90. The SMILES string of the molecule is ON=C(Cc1ncn[nH]1)c1ccccc1. The van der Waals surface area contributed by atoms with Crippen molar-refractivity contribution in [3.05, 3.63) is 48.0 Å². The van der Waals surface area contributed by atoms with Crippen LogP contribution in [-0.4, -0.2) is 26.1 Å². The molecule has 0 amide bonds. The zero-order valence-electron chi connectivity index (χ0n) is 7.96. The standard InChI is InChI=1S/C10H10N4O/c15-14-9(6-10-11-7-12-13-10)8-4-2-1-3-5-8/h1-5,7,15H,6H2,(H,11,12,13). The molecule has 0 aliphatic rings. The van der Waals surface area contributed by atoms with E-state index in [1.54, 1.807) is 0 Å². The highest BCUT2D eigenvalue weighted by atomic mass is 16.4. The van der Waals surface area contributed by atoms with E-state index in [1.807, 2.05) is 30.3 Å². The summed E-state index contributed by atoms with van der Waals surface area (Å²) in [6, 6.07) is 9.45. The second kappa shape index (κ2) is 4.36. The van der Waals surface area contributed by atoms with Gasteiger partial charge in [-0.25, -0.2) is 4.98 Å². The van der Waals surface area contributed by atoms with Crippen molar-refractivity contribution in [1.29, 1.82) is 0 Å². The molecule has 0 saturated carbocycles. The summed E-state index contributed by atoms with van der Waals surface area (Å²) in [5.74, 6) is 0.673. The van der Waals surface area contributed by atoms with E-state index in [4.69, 9.17) is 5.21 Å².